The second-order valence-electron chi connectivity index (χ2n) is 10.2. The van der Waals surface area contributed by atoms with Crippen molar-refractivity contribution >= 4 is 38.6 Å². The SMILES string of the molecule is CCc1nc2ccc(N3CCN(S(C)(=O)=O)CC3=O)cn2c1-c1ccc(-c2nc(-c3ccc(F)cc3)cs2)c(C)c1F. The van der Waals surface area contributed by atoms with Crippen molar-refractivity contribution in [1.82, 2.24) is 18.7 Å². The van der Waals surface area contributed by atoms with E-state index in [2.05, 4.69) is 4.98 Å². The third kappa shape index (κ3) is 4.99. The minimum atomic E-state index is -3.48. The largest absolute Gasteiger partial charge is 0.308 e. The highest BCUT2D eigenvalue weighted by Crippen LogP contribution is 2.37. The highest BCUT2D eigenvalue weighted by Gasteiger charge is 2.30. The summed E-state index contributed by atoms with van der Waals surface area (Å²) in [5.41, 5.74) is 5.43. The van der Waals surface area contributed by atoms with Gasteiger partial charge in [0.15, 0.2) is 0 Å². The number of piperazine rings is 1. The molecule has 42 heavy (non-hydrogen) atoms. The first kappa shape index (κ1) is 28.1. The lowest BCUT2D eigenvalue weighted by Crippen LogP contribution is -2.52. The van der Waals surface area contributed by atoms with Crippen LogP contribution in [-0.4, -0.2) is 58.9 Å². The summed E-state index contributed by atoms with van der Waals surface area (Å²) in [7, 11) is -3.48. The second-order valence-corrected chi connectivity index (χ2v) is 13.0. The van der Waals surface area contributed by atoms with E-state index in [0.29, 0.717) is 56.5 Å². The Bertz CT molecular complexity index is 1950. The van der Waals surface area contributed by atoms with Crippen molar-refractivity contribution in [2.24, 2.45) is 0 Å². The molecule has 216 valence electrons. The third-order valence-electron chi connectivity index (χ3n) is 7.49. The van der Waals surface area contributed by atoms with Gasteiger partial charge in [0.25, 0.3) is 0 Å². The smallest absolute Gasteiger partial charge is 0.242 e. The number of aromatic nitrogens is 3. The zero-order chi connectivity index (χ0) is 29.8. The number of halogens is 2. The quantitative estimate of drug-likeness (QED) is 0.253. The van der Waals surface area contributed by atoms with Crippen LogP contribution in [0.3, 0.4) is 0 Å². The molecule has 0 aliphatic carbocycles. The molecule has 6 rings (SSSR count). The normalized spacial score (nSPS) is 14.7. The Morgan fingerprint density at radius 1 is 0.976 bits per heavy atom. The molecule has 0 atom stereocenters. The van der Waals surface area contributed by atoms with Gasteiger partial charge < -0.3 is 4.90 Å². The molecule has 8 nitrogen and oxygen atoms in total. The van der Waals surface area contributed by atoms with Gasteiger partial charge in [-0.3, -0.25) is 9.20 Å². The Morgan fingerprint density at radius 3 is 2.40 bits per heavy atom. The molecule has 4 heterocycles. The number of sulfonamides is 1. The Balaban J connectivity index is 1.38. The van der Waals surface area contributed by atoms with Crippen LogP contribution in [0.25, 0.3) is 38.7 Å². The van der Waals surface area contributed by atoms with E-state index in [9.17, 15) is 17.6 Å². The van der Waals surface area contributed by atoms with Crippen LogP contribution in [0.1, 0.15) is 18.2 Å². The van der Waals surface area contributed by atoms with Crippen molar-refractivity contribution < 1.29 is 22.0 Å². The molecular formula is C30H27F2N5O3S2. The van der Waals surface area contributed by atoms with Gasteiger partial charge in [-0.1, -0.05) is 13.0 Å². The second kappa shape index (κ2) is 10.7. The molecule has 5 aromatic rings. The van der Waals surface area contributed by atoms with Gasteiger partial charge in [0.2, 0.25) is 15.9 Å². The van der Waals surface area contributed by atoms with Gasteiger partial charge in [0.05, 0.1) is 35.6 Å². The maximum atomic E-state index is 16.2. The molecule has 0 spiro atoms. The number of hydrogen-bond donors (Lipinski definition) is 0. The number of aryl methyl sites for hydroxylation is 1. The minimum absolute atomic E-state index is 0.189. The number of fused-ring (bicyclic) bond motifs is 1. The van der Waals surface area contributed by atoms with Crippen LogP contribution >= 0.6 is 11.3 Å². The summed E-state index contributed by atoms with van der Waals surface area (Å²) >= 11 is 1.39. The van der Waals surface area contributed by atoms with Crippen LogP contribution in [0, 0.1) is 18.6 Å². The number of pyridine rings is 1. The van der Waals surface area contributed by atoms with Crippen LogP contribution < -0.4 is 4.90 Å². The highest BCUT2D eigenvalue weighted by molar-refractivity contribution is 7.88. The molecule has 2 aromatic carbocycles. The molecular weight excluding hydrogens is 580 g/mol. The van der Waals surface area contributed by atoms with Crippen LogP contribution in [-0.2, 0) is 21.2 Å². The molecule has 0 unspecified atom stereocenters. The maximum Gasteiger partial charge on any atom is 0.242 e. The van der Waals surface area contributed by atoms with Crippen molar-refractivity contribution in [3.05, 3.63) is 83.0 Å². The number of carbonyl (C=O) groups excluding carboxylic acids is 1. The zero-order valence-corrected chi connectivity index (χ0v) is 24.8. The van der Waals surface area contributed by atoms with Crippen molar-refractivity contribution in [3.8, 4) is 33.1 Å². The van der Waals surface area contributed by atoms with Gasteiger partial charge in [-0.15, -0.1) is 11.3 Å². The lowest BCUT2D eigenvalue weighted by molar-refractivity contribution is -0.119. The van der Waals surface area contributed by atoms with Gasteiger partial charge in [-0.05, 0) is 61.4 Å². The van der Waals surface area contributed by atoms with Crippen LogP contribution in [0.5, 0.6) is 0 Å². The summed E-state index contributed by atoms with van der Waals surface area (Å²) < 4.78 is 56.3. The number of anilines is 1. The summed E-state index contributed by atoms with van der Waals surface area (Å²) in [5, 5.41) is 2.52. The number of amides is 1. The molecule has 0 saturated carbocycles. The van der Waals surface area contributed by atoms with Crippen molar-refractivity contribution in [1.29, 1.82) is 0 Å². The Labute approximate surface area is 245 Å². The minimum Gasteiger partial charge on any atom is -0.308 e. The number of carbonyl (C=O) groups is 1. The molecule has 1 fully saturated rings. The van der Waals surface area contributed by atoms with Gasteiger partial charge >= 0.3 is 0 Å². The Morgan fingerprint density at radius 2 is 1.71 bits per heavy atom. The van der Waals surface area contributed by atoms with Gasteiger partial charge in [-0.25, -0.2) is 27.2 Å². The van der Waals surface area contributed by atoms with E-state index in [-0.39, 0.29) is 31.4 Å². The van der Waals surface area contributed by atoms with E-state index in [0.717, 1.165) is 16.1 Å². The number of nitrogens with zero attached hydrogens (tertiary/aromatic N) is 5. The zero-order valence-electron chi connectivity index (χ0n) is 23.1. The average Bonchev–Trinajstić information content (AvgIpc) is 3.59. The lowest BCUT2D eigenvalue weighted by Gasteiger charge is -2.32. The maximum absolute atomic E-state index is 16.2. The van der Waals surface area contributed by atoms with E-state index in [1.54, 1.807) is 52.8 Å². The van der Waals surface area contributed by atoms with Crippen LogP contribution in [0.4, 0.5) is 14.5 Å². The van der Waals surface area contributed by atoms with Crippen molar-refractivity contribution in [3.63, 3.8) is 0 Å². The highest BCUT2D eigenvalue weighted by atomic mass is 32.2. The molecule has 1 saturated heterocycles. The Hall–Kier alpha value is -4.00. The fourth-order valence-corrected chi connectivity index (χ4v) is 6.90. The van der Waals surface area contributed by atoms with Gasteiger partial charge in [0.1, 0.15) is 22.3 Å². The number of thiazole rings is 1. The van der Waals surface area contributed by atoms with Crippen molar-refractivity contribution in [2.75, 3.05) is 30.8 Å². The monoisotopic (exact) mass is 607 g/mol. The van der Waals surface area contributed by atoms with Gasteiger partial charge in [-0.2, -0.15) is 4.31 Å². The fourth-order valence-electron chi connectivity index (χ4n) is 5.23. The summed E-state index contributed by atoms with van der Waals surface area (Å²) in [6.45, 7) is 3.83. The fraction of sp³-hybridized carbons (Fsp3) is 0.233. The summed E-state index contributed by atoms with van der Waals surface area (Å²) in [4.78, 5) is 23.8. The molecule has 3 aromatic heterocycles. The van der Waals surface area contributed by atoms with Gasteiger partial charge in [0, 0.05) is 41.4 Å². The standard InChI is InChI=1S/C30H27F2N5O3S2/c1-4-24-29(37-15-21(9-12-26(37)33-24)36-14-13-35(16-27(36)38)42(3,39)40)23-11-10-22(18(2)28(23)32)30-34-25(17-41-30)19-5-7-20(31)8-6-19/h5-12,15,17H,4,13-14,16H2,1-3H3. The number of hydrogen-bond acceptors (Lipinski definition) is 6. The van der Waals surface area contributed by atoms with E-state index in [1.807, 2.05) is 18.4 Å². The summed E-state index contributed by atoms with van der Waals surface area (Å²) in [6.07, 6.45) is 3.40. The molecule has 0 radical (unpaired) electrons. The topological polar surface area (TPSA) is 87.9 Å². The van der Waals surface area contributed by atoms with Crippen LogP contribution in [0.15, 0.2) is 60.1 Å². The number of benzene rings is 2. The summed E-state index contributed by atoms with van der Waals surface area (Å²) in [5.74, 6) is -1.06. The molecule has 0 bridgehead atoms. The average molecular weight is 608 g/mol. The molecule has 0 N–H and O–H groups in total. The third-order valence-corrected chi connectivity index (χ3v) is 9.62. The van der Waals surface area contributed by atoms with E-state index >= 15 is 4.39 Å². The molecule has 12 heteroatoms. The molecule has 1 aliphatic rings. The molecule has 1 aliphatic heterocycles. The van der Waals surface area contributed by atoms with Crippen LogP contribution in [0.2, 0.25) is 0 Å². The summed E-state index contributed by atoms with van der Waals surface area (Å²) in [6, 6.07) is 13.2. The molecule has 1 amide bonds. The predicted octanol–water partition coefficient (Wildman–Crippen LogP) is 5.55. The van der Waals surface area contributed by atoms with E-state index in [1.165, 1.54) is 23.5 Å². The van der Waals surface area contributed by atoms with Crippen molar-refractivity contribution in [2.45, 2.75) is 20.3 Å². The number of imidazole rings is 1. The number of rotatable bonds is 6. The first-order valence-corrected chi connectivity index (χ1v) is 16.1. The first-order valence-electron chi connectivity index (χ1n) is 13.3. The first-order chi connectivity index (χ1) is 20.0. The van der Waals surface area contributed by atoms with E-state index < -0.39 is 15.8 Å². The van der Waals surface area contributed by atoms with E-state index in [4.69, 9.17) is 4.98 Å². The lowest BCUT2D eigenvalue weighted by atomic mass is 10.0. The Kier molecular flexibility index (Phi) is 7.16. The predicted molar refractivity (Wildman–Crippen MR) is 160 cm³/mol.